The summed E-state index contributed by atoms with van der Waals surface area (Å²) in [6.45, 7) is 2.52. The molecule has 0 aliphatic heterocycles. The molecule has 2 aromatic rings. The first-order chi connectivity index (χ1) is 8.31. The van der Waals surface area contributed by atoms with Gasteiger partial charge in [-0.1, -0.05) is 0 Å². The van der Waals surface area contributed by atoms with Crippen molar-refractivity contribution in [1.82, 2.24) is 19.7 Å². The van der Waals surface area contributed by atoms with Crippen LogP contribution in [0, 0.1) is 0 Å². The molecule has 0 fully saturated rings. The molecule has 0 radical (unpaired) electrons. The Hall–Kier alpha value is -0.980. The van der Waals surface area contributed by atoms with Crippen LogP contribution in [-0.2, 0) is 11.3 Å². The number of nitrogens with zero attached hydrogens (tertiary/aromatic N) is 3. The van der Waals surface area contributed by atoms with Crippen LogP contribution in [0.4, 0.5) is 0 Å². The lowest BCUT2D eigenvalue weighted by atomic mass is 10.4. The van der Waals surface area contributed by atoms with E-state index in [1.54, 1.807) is 13.3 Å². The number of hydrogen-bond donors (Lipinski definition) is 1. The minimum Gasteiger partial charge on any atom is -0.385 e. The third kappa shape index (κ3) is 3.24. The molecule has 0 atom stereocenters. The zero-order chi connectivity index (χ0) is 12.1. The van der Waals surface area contributed by atoms with Gasteiger partial charge in [0.1, 0.15) is 4.60 Å². The normalized spacial score (nSPS) is 11.2. The molecule has 0 saturated carbocycles. The standard InChI is InChI=1S/C11H15BrN4O/c1-17-4-2-3-13-5-9-6-15-11-7-14-10(12)8-16(9)11/h6-8,13H,2-5H2,1H3. The van der Waals surface area contributed by atoms with Gasteiger partial charge < -0.3 is 10.1 Å². The van der Waals surface area contributed by atoms with Gasteiger partial charge in [0.15, 0.2) is 5.65 Å². The molecule has 5 nitrogen and oxygen atoms in total. The van der Waals surface area contributed by atoms with Crippen molar-refractivity contribution in [3.63, 3.8) is 0 Å². The van der Waals surface area contributed by atoms with Crippen molar-refractivity contribution in [3.05, 3.63) is 28.9 Å². The summed E-state index contributed by atoms with van der Waals surface area (Å²) in [4.78, 5) is 8.43. The molecule has 2 aromatic heterocycles. The van der Waals surface area contributed by atoms with E-state index in [1.165, 1.54) is 0 Å². The number of methoxy groups -OCH3 is 1. The minimum absolute atomic E-state index is 0.787. The zero-order valence-electron chi connectivity index (χ0n) is 9.69. The fourth-order valence-electron chi connectivity index (χ4n) is 1.60. The number of aromatic nitrogens is 3. The lowest BCUT2D eigenvalue weighted by molar-refractivity contribution is 0.194. The van der Waals surface area contributed by atoms with Crippen LogP contribution in [0.15, 0.2) is 23.2 Å². The molecule has 1 N–H and O–H groups in total. The van der Waals surface area contributed by atoms with Gasteiger partial charge in [-0.05, 0) is 28.9 Å². The van der Waals surface area contributed by atoms with Crippen LogP contribution in [0.5, 0.6) is 0 Å². The van der Waals surface area contributed by atoms with Crippen molar-refractivity contribution in [2.75, 3.05) is 20.3 Å². The molecule has 17 heavy (non-hydrogen) atoms. The molecule has 6 heteroatoms. The Morgan fingerprint density at radius 1 is 1.41 bits per heavy atom. The van der Waals surface area contributed by atoms with Gasteiger partial charge in [-0.2, -0.15) is 0 Å². The summed E-state index contributed by atoms with van der Waals surface area (Å²) >= 11 is 3.36. The van der Waals surface area contributed by atoms with Crippen molar-refractivity contribution in [2.24, 2.45) is 0 Å². The first-order valence-corrected chi connectivity index (χ1v) is 6.27. The maximum atomic E-state index is 4.99. The fourth-order valence-corrected chi connectivity index (χ4v) is 1.91. The summed E-state index contributed by atoms with van der Waals surface area (Å²) in [5.41, 5.74) is 1.99. The van der Waals surface area contributed by atoms with Crippen molar-refractivity contribution in [1.29, 1.82) is 0 Å². The number of halogens is 1. The zero-order valence-corrected chi connectivity index (χ0v) is 11.3. The third-order valence-corrected chi connectivity index (χ3v) is 2.86. The first-order valence-electron chi connectivity index (χ1n) is 5.48. The molecule has 0 aromatic carbocycles. The number of fused-ring (bicyclic) bond motifs is 1. The van der Waals surface area contributed by atoms with Crippen LogP contribution in [0.1, 0.15) is 12.1 Å². The molecule has 0 saturated heterocycles. The Bertz CT molecular complexity index is 485. The topological polar surface area (TPSA) is 51.5 Å². The van der Waals surface area contributed by atoms with E-state index in [2.05, 4.69) is 31.2 Å². The summed E-state index contributed by atoms with van der Waals surface area (Å²) in [7, 11) is 1.72. The third-order valence-electron chi connectivity index (χ3n) is 2.45. The second-order valence-corrected chi connectivity index (χ2v) is 4.52. The SMILES string of the molecule is COCCCNCc1cnc2cnc(Br)cn12. The van der Waals surface area contributed by atoms with Gasteiger partial charge in [0.2, 0.25) is 0 Å². The van der Waals surface area contributed by atoms with Crippen molar-refractivity contribution in [3.8, 4) is 0 Å². The van der Waals surface area contributed by atoms with Crippen molar-refractivity contribution >= 4 is 21.6 Å². The van der Waals surface area contributed by atoms with E-state index >= 15 is 0 Å². The Balaban J connectivity index is 1.96. The lowest BCUT2D eigenvalue weighted by Gasteiger charge is -2.04. The molecule has 2 rings (SSSR count). The van der Waals surface area contributed by atoms with Gasteiger partial charge in [-0.3, -0.25) is 4.40 Å². The number of rotatable bonds is 6. The van der Waals surface area contributed by atoms with E-state index in [1.807, 2.05) is 16.8 Å². The van der Waals surface area contributed by atoms with E-state index in [-0.39, 0.29) is 0 Å². The summed E-state index contributed by atoms with van der Waals surface area (Å²) < 4.78 is 7.83. The number of ether oxygens (including phenoxy) is 1. The Morgan fingerprint density at radius 3 is 3.12 bits per heavy atom. The number of hydrogen-bond acceptors (Lipinski definition) is 4. The molecule has 92 valence electrons. The number of imidazole rings is 1. The van der Waals surface area contributed by atoms with Gasteiger partial charge in [0.25, 0.3) is 0 Å². The summed E-state index contributed by atoms with van der Waals surface area (Å²) in [6, 6.07) is 0. The van der Waals surface area contributed by atoms with E-state index in [0.717, 1.165) is 42.1 Å². The molecule has 0 aliphatic carbocycles. The smallest absolute Gasteiger partial charge is 0.155 e. The highest BCUT2D eigenvalue weighted by Crippen LogP contribution is 2.10. The second kappa shape index (κ2) is 6.09. The van der Waals surface area contributed by atoms with Crippen LogP contribution in [0.3, 0.4) is 0 Å². The van der Waals surface area contributed by atoms with Gasteiger partial charge in [-0.25, -0.2) is 9.97 Å². The first kappa shape index (κ1) is 12.5. The Kier molecular flexibility index (Phi) is 4.47. The highest BCUT2D eigenvalue weighted by Gasteiger charge is 2.03. The summed E-state index contributed by atoms with van der Waals surface area (Å²) in [5, 5.41) is 3.36. The van der Waals surface area contributed by atoms with Crippen LogP contribution in [-0.4, -0.2) is 34.6 Å². The largest absolute Gasteiger partial charge is 0.385 e. The number of nitrogens with one attached hydrogen (secondary N) is 1. The summed E-state index contributed by atoms with van der Waals surface area (Å²) in [6.07, 6.45) is 6.55. The maximum Gasteiger partial charge on any atom is 0.155 e. The van der Waals surface area contributed by atoms with Gasteiger partial charge in [-0.15, -0.1) is 0 Å². The van der Waals surface area contributed by atoms with E-state index in [9.17, 15) is 0 Å². The van der Waals surface area contributed by atoms with Crippen molar-refractivity contribution < 1.29 is 4.74 Å². The quantitative estimate of drug-likeness (QED) is 0.824. The highest BCUT2D eigenvalue weighted by molar-refractivity contribution is 9.10. The van der Waals surface area contributed by atoms with Crippen LogP contribution in [0.2, 0.25) is 0 Å². The summed E-state index contributed by atoms with van der Waals surface area (Å²) in [5.74, 6) is 0. The van der Waals surface area contributed by atoms with Gasteiger partial charge >= 0.3 is 0 Å². The van der Waals surface area contributed by atoms with Gasteiger partial charge in [0, 0.05) is 26.5 Å². The Labute approximate surface area is 108 Å². The van der Waals surface area contributed by atoms with E-state index in [0.29, 0.717) is 0 Å². The molecule has 0 amide bonds. The lowest BCUT2D eigenvalue weighted by Crippen LogP contribution is -2.17. The molecule has 0 unspecified atom stereocenters. The predicted molar refractivity (Wildman–Crippen MR) is 68.9 cm³/mol. The second-order valence-electron chi connectivity index (χ2n) is 3.71. The molecule has 0 bridgehead atoms. The fraction of sp³-hybridized carbons (Fsp3) is 0.455. The molecular formula is C11H15BrN4O. The minimum atomic E-state index is 0.787. The maximum absolute atomic E-state index is 4.99. The average Bonchev–Trinajstić information content (AvgIpc) is 2.72. The Morgan fingerprint density at radius 2 is 2.29 bits per heavy atom. The van der Waals surface area contributed by atoms with Crippen molar-refractivity contribution in [2.45, 2.75) is 13.0 Å². The average molecular weight is 299 g/mol. The monoisotopic (exact) mass is 298 g/mol. The molecular weight excluding hydrogens is 284 g/mol. The molecule has 0 spiro atoms. The predicted octanol–water partition coefficient (Wildman–Crippen LogP) is 1.62. The van der Waals surface area contributed by atoms with E-state index in [4.69, 9.17) is 4.74 Å². The molecule has 0 aliphatic rings. The van der Waals surface area contributed by atoms with E-state index < -0.39 is 0 Å². The molecule has 2 heterocycles. The van der Waals surface area contributed by atoms with Crippen LogP contribution >= 0.6 is 15.9 Å². The van der Waals surface area contributed by atoms with Crippen LogP contribution < -0.4 is 5.32 Å². The highest BCUT2D eigenvalue weighted by atomic mass is 79.9. The van der Waals surface area contributed by atoms with Crippen LogP contribution in [0.25, 0.3) is 5.65 Å². The van der Waals surface area contributed by atoms with Gasteiger partial charge in [0.05, 0.1) is 18.1 Å².